The third-order valence-electron chi connectivity index (χ3n) is 2.56. The summed E-state index contributed by atoms with van der Waals surface area (Å²) in [6, 6.07) is 5.78. The lowest BCUT2D eigenvalue weighted by molar-refractivity contribution is -0.120. The van der Waals surface area contributed by atoms with Crippen LogP contribution in [0.15, 0.2) is 18.2 Å². The number of aryl methyl sites for hydroxylation is 1. The summed E-state index contributed by atoms with van der Waals surface area (Å²) in [5.41, 5.74) is 3.03. The summed E-state index contributed by atoms with van der Waals surface area (Å²) < 4.78 is 0.943. The lowest BCUT2D eigenvalue weighted by atomic mass is 10.2. The Morgan fingerprint density at radius 3 is 2.84 bits per heavy atom. The second kappa shape index (κ2) is 5.56. The maximum atomic E-state index is 11.9. The minimum atomic E-state index is -0.471. The summed E-state index contributed by atoms with van der Waals surface area (Å²) in [6.45, 7) is 1.79. The zero-order chi connectivity index (χ0) is 14.0. The minimum absolute atomic E-state index is 0.182. The number of carbonyl (C=O) groups is 2. The Balaban J connectivity index is 2.27. The van der Waals surface area contributed by atoms with Gasteiger partial charge in [0.1, 0.15) is 4.88 Å². The van der Waals surface area contributed by atoms with Gasteiger partial charge >= 0.3 is 0 Å². The van der Waals surface area contributed by atoms with Crippen LogP contribution in [0.2, 0.25) is 5.02 Å². The van der Waals surface area contributed by atoms with E-state index in [1.807, 2.05) is 30.5 Å². The second-order valence-electron chi connectivity index (χ2n) is 3.99. The van der Waals surface area contributed by atoms with E-state index in [2.05, 4.69) is 5.32 Å². The first-order valence-electron chi connectivity index (χ1n) is 5.49. The standard InChI is InChI=1S/C12H12ClN3O2S/c1-6-2-3-7-8(4-6)19-11(10(7)13)12(18)15-5-9(17)16-14/h2-4H,5,14H2,1H3,(H,15,18)(H,16,17). The van der Waals surface area contributed by atoms with Crippen molar-refractivity contribution in [3.05, 3.63) is 33.7 Å². The maximum absolute atomic E-state index is 11.9. The van der Waals surface area contributed by atoms with Crippen molar-refractivity contribution in [1.29, 1.82) is 0 Å². The molecule has 0 aliphatic rings. The number of amides is 2. The molecular formula is C12H12ClN3O2S. The second-order valence-corrected chi connectivity index (χ2v) is 5.43. The topological polar surface area (TPSA) is 84.2 Å². The SMILES string of the molecule is Cc1ccc2c(Cl)c(C(=O)NCC(=O)NN)sc2c1. The van der Waals surface area contributed by atoms with Crippen LogP contribution in [0.25, 0.3) is 10.1 Å². The maximum Gasteiger partial charge on any atom is 0.263 e. The van der Waals surface area contributed by atoms with E-state index in [4.69, 9.17) is 17.4 Å². The quantitative estimate of drug-likeness (QED) is 0.457. The van der Waals surface area contributed by atoms with Crippen molar-refractivity contribution < 1.29 is 9.59 Å². The van der Waals surface area contributed by atoms with Crippen LogP contribution in [0.3, 0.4) is 0 Å². The molecule has 0 aliphatic carbocycles. The summed E-state index contributed by atoms with van der Waals surface area (Å²) in [5, 5.41) is 3.71. The van der Waals surface area contributed by atoms with Crippen LogP contribution in [0, 0.1) is 6.92 Å². The molecule has 0 unspecified atom stereocenters. The third kappa shape index (κ3) is 2.86. The molecular weight excluding hydrogens is 286 g/mol. The van der Waals surface area contributed by atoms with Gasteiger partial charge in [0, 0.05) is 10.1 Å². The number of fused-ring (bicyclic) bond motifs is 1. The third-order valence-corrected chi connectivity index (χ3v) is 4.22. The highest BCUT2D eigenvalue weighted by atomic mass is 35.5. The van der Waals surface area contributed by atoms with Crippen LogP contribution in [0.4, 0.5) is 0 Å². The highest BCUT2D eigenvalue weighted by Gasteiger charge is 2.17. The number of hydrogen-bond donors (Lipinski definition) is 3. The van der Waals surface area contributed by atoms with Gasteiger partial charge in [-0.05, 0) is 18.6 Å². The van der Waals surface area contributed by atoms with Crippen molar-refractivity contribution in [3.63, 3.8) is 0 Å². The van der Waals surface area contributed by atoms with Gasteiger partial charge in [0.05, 0.1) is 11.6 Å². The monoisotopic (exact) mass is 297 g/mol. The van der Waals surface area contributed by atoms with E-state index in [1.165, 1.54) is 11.3 Å². The molecule has 2 amide bonds. The average molecular weight is 298 g/mol. The predicted octanol–water partition coefficient (Wildman–Crippen LogP) is 1.58. The van der Waals surface area contributed by atoms with Gasteiger partial charge in [-0.3, -0.25) is 15.0 Å². The van der Waals surface area contributed by atoms with Gasteiger partial charge in [0.2, 0.25) is 0 Å². The molecule has 1 aromatic heterocycles. The van der Waals surface area contributed by atoms with E-state index < -0.39 is 5.91 Å². The van der Waals surface area contributed by atoms with Crippen molar-refractivity contribution in [2.75, 3.05) is 6.54 Å². The first kappa shape index (κ1) is 13.8. The molecule has 2 rings (SSSR count). The molecule has 1 aromatic carbocycles. The first-order valence-corrected chi connectivity index (χ1v) is 6.68. The van der Waals surface area contributed by atoms with E-state index in [9.17, 15) is 9.59 Å². The molecule has 0 aliphatic heterocycles. The Morgan fingerprint density at radius 1 is 1.42 bits per heavy atom. The van der Waals surface area contributed by atoms with Gasteiger partial charge in [-0.2, -0.15) is 0 Å². The first-order chi connectivity index (χ1) is 9.02. The molecule has 1 heterocycles. The van der Waals surface area contributed by atoms with Crippen LogP contribution < -0.4 is 16.6 Å². The van der Waals surface area contributed by atoms with E-state index in [-0.39, 0.29) is 12.5 Å². The minimum Gasteiger partial charge on any atom is -0.342 e. The predicted molar refractivity (Wildman–Crippen MR) is 76.2 cm³/mol. The number of halogens is 1. The van der Waals surface area contributed by atoms with Gasteiger partial charge in [-0.15, -0.1) is 11.3 Å². The summed E-state index contributed by atoms with van der Waals surface area (Å²) in [5.74, 6) is 4.08. The lowest BCUT2D eigenvalue weighted by Gasteiger charge is -2.02. The molecule has 0 atom stereocenters. The molecule has 0 spiro atoms. The van der Waals surface area contributed by atoms with Crippen LogP contribution in [-0.2, 0) is 4.79 Å². The van der Waals surface area contributed by atoms with E-state index in [0.29, 0.717) is 9.90 Å². The van der Waals surface area contributed by atoms with E-state index in [1.54, 1.807) is 0 Å². The fourth-order valence-electron chi connectivity index (χ4n) is 1.61. The zero-order valence-corrected chi connectivity index (χ0v) is 11.7. The summed E-state index contributed by atoms with van der Waals surface area (Å²) in [7, 11) is 0. The fraction of sp³-hybridized carbons (Fsp3) is 0.167. The normalized spacial score (nSPS) is 10.5. The van der Waals surface area contributed by atoms with Crippen LogP contribution in [0.1, 0.15) is 15.2 Å². The number of carbonyl (C=O) groups excluding carboxylic acids is 2. The molecule has 0 fully saturated rings. The number of hydrazine groups is 1. The molecule has 2 aromatic rings. The number of nitrogens with two attached hydrogens (primary N) is 1. The Bertz CT molecular complexity index is 654. The van der Waals surface area contributed by atoms with E-state index in [0.717, 1.165) is 15.6 Å². The zero-order valence-electron chi connectivity index (χ0n) is 10.1. The Labute approximate surface area is 118 Å². The molecule has 4 N–H and O–H groups in total. The smallest absolute Gasteiger partial charge is 0.263 e. The highest BCUT2D eigenvalue weighted by Crippen LogP contribution is 2.35. The molecule has 5 nitrogen and oxygen atoms in total. The number of thiophene rings is 1. The molecule has 0 saturated heterocycles. The fourth-order valence-corrected chi connectivity index (χ4v) is 3.14. The molecule has 0 bridgehead atoms. The Hall–Kier alpha value is -1.63. The van der Waals surface area contributed by atoms with Crippen molar-refractivity contribution in [3.8, 4) is 0 Å². The molecule has 0 radical (unpaired) electrons. The molecule has 0 saturated carbocycles. The van der Waals surface area contributed by atoms with Crippen molar-refractivity contribution in [2.24, 2.45) is 5.84 Å². The van der Waals surface area contributed by atoms with Crippen LogP contribution in [-0.4, -0.2) is 18.4 Å². The van der Waals surface area contributed by atoms with Gasteiger partial charge in [-0.25, -0.2) is 5.84 Å². The number of rotatable bonds is 3. The number of nitrogens with one attached hydrogen (secondary N) is 2. The van der Waals surface area contributed by atoms with Crippen molar-refractivity contribution in [1.82, 2.24) is 10.7 Å². The molecule has 100 valence electrons. The largest absolute Gasteiger partial charge is 0.342 e. The summed E-state index contributed by atoms with van der Waals surface area (Å²) in [6.07, 6.45) is 0. The van der Waals surface area contributed by atoms with Gasteiger partial charge in [0.25, 0.3) is 11.8 Å². The van der Waals surface area contributed by atoms with Crippen molar-refractivity contribution >= 4 is 44.8 Å². The lowest BCUT2D eigenvalue weighted by Crippen LogP contribution is -2.40. The number of hydrogen-bond acceptors (Lipinski definition) is 4. The van der Waals surface area contributed by atoms with Crippen LogP contribution in [0.5, 0.6) is 0 Å². The molecule has 19 heavy (non-hydrogen) atoms. The Morgan fingerprint density at radius 2 is 2.16 bits per heavy atom. The summed E-state index contributed by atoms with van der Waals surface area (Å²) in [4.78, 5) is 23.3. The van der Waals surface area contributed by atoms with Gasteiger partial charge in [-0.1, -0.05) is 23.7 Å². The van der Waals surface area contributed by atoms with Gasteiger partial charge in [0.15, 0.2) is 0 Å². The average Bonchev–Trinajstić information content (AvgIpc) is 2.72. The summed E-state index contributed by atoms with van der Waals surface area (Å²) >= 11 is 7.48. The highest BCUT2D eigenvalue weighted by molar-refractivity contribution is 7.21. The van der Waals surface area contributed by atoms with E-state index >= 15 is 0 Å². The number of benzene rings is 1. The molecule has 7 heteroatoms. The Kier molecular flexibility index (Phi) is 4.04. The van der Waals surface area contributed by atoms with Gasteiger partial charge < -0.3 is 5.32 Å². The van der Waals surface area contributed by atoms with Crippen molar-refractivity contribution in [2.45, 2.75) is 6.92 Å². The van der Waals surface area contributed by atoms with Crippen LogP contribution >= 0.6 is 22.9 Å².